The number of ether oxygens (including phenoxy) is 2. The number of para-hydroxylation sites is 2. The van der Waals surface area contributed by atoms with Crippen molar-refractivity contribution in [2.45, 2.75) is 33.6 Å². The average molecular weight is 265 g/mol. The molecular weight excluding hydrogens is 238 g/mol. The Balaban J connectivity index is 2.15. The first kappa shape index (κ1) is 15.8. The van der Waals surface area contributed by atoms with Crippen LogP contribution in [0.15, 0.2) is 24.3 Å². The zero-order chi connectivity index (χ0) is 13.9. The van der Waals surface area contributed by atoms with Crippen molar-refractivity contribution in [1.82, 2.24) is 5.32 Å². The minimum absolute atomic E-state index is 0.661. The molecule has 0 radical (unpaired) electrons. The van der Waals surface area contributed by atoms with Gasteiger partial charge in [0.25, 0.3) is 0 Å². The number of benzene rings is 1. The van der Waals surface area contributed by atoms with Crippen LogP contribution in [-0.4, -0.2) is 26.3 Å². The second-order valence-electron chi connectivity index (χ2n) is 5.01. The fourth-order valence-corrected chi connectivity index (χ4v) is 1.84. The Kier molecular flexibility index (Phi) is 8.07. The molecule has 0 aliphatic heterocycles. The van der Waals surface area contributed by atoms with Gasteiger partial charge in [0.05, 0.1) is 6.61 Å². The first-order valence-electron chi connectivity index (χ1n) is 7.29. The zero-order valence-corrected chi connectivity index (χ0v) is 12.4. The van der Waals surface area contributed by atoms with Crippen LogP contribution in [0.1, 0.15) is 33.6 Å². The second-order valence-corrected chi connectivity index (χ2v) is 5.01. The highest BCUT2D eigenvalue weighted by atomic mass is 16.5. The number of nitrogens with one attached hydrogen (secondary N) is 1. The van der Waals surface area contributed by atoms with Crippen molar-refractivity contribution in [3.05, 3.63) is 24.3 Å². The first-order chi connectivity index (χ1) is 9.24. The Hall–Kier alpha value is -1.22. The summed E-state index contributed by atoms with van der Waals surface area (Å²) in [4.78, 5) is 0. The SMILES string of the molecule is CCOc1ccccc1OCCNCCCC(C)C. The van der Waals surface area contributed by atoms with Crippen molar-refractivity contribution >= 4 is 0 Å². The summed E-state index contributed by atoms with van der Waals surface area (Å²) in [6.45, 7) is 9.77. The summed E-state index contributed by atoms with van der Waals surface area (Å²) >= 11 is 0. The van der Waals surface area contributed by atoms with Crippen molar-refractivity contribution in [2.24, 2.45) is 5.92 Å². The maximum absolute atomic E-state index is 5.73. The summed E-state index contributed by atoms with van der Waals surface area (Å²) in [5.41, 5.74) is 0. The van der Waals surface area contributed by atoms with Crippen molar-refractivity contribution in [1.29, 1.82) is 0 Å². The van der Waals surface area contributed by atoms with E-state index in [1.807, 2.05) is 31.2 Å². The fraction of sp³-hybridized carbons (Fsp3) is 0.625. The van der Waals surface area contributed by atoms with E-state index in [0.29, 0.717) is 13.2 Å². The Morgan fingerprint density at radius 3 is 2.37 bits per heavy atom. The van der Waals surface area contributed by atoms with Gasteiger partial charge in [0.2, 0.25) is 0 Å². The van der Waals surface area contributed by atoms with Crippen molar-refractivity contribution in [3.8, 4) is 11.5 Å². The summed E-state index contributed by atoms with van der Waals surface area (Å²) < 4.78 is 11.2. The minimum Gasteiger partial charge on any atom is -0.490 e. The average Bonchev–Trinajstić information content (AvgIpc) is 2.39. The van der Waals surface area contributed by atoms with Gasteiger partial charge in [-0.25, -0.2) is 0 Å². The number of hydrogen-bond donors (Lipinski definition) is 1. The van der Waals surface area contributed by atoms with Gasteiger partial charge in [-0.05, 0) is 44.4 Å². The van der Waals surface area contributed by atoms with Crippen LogP contribution >= 0.6 is 0 Å². The summed E-state index contributed by atoms with van der Waals surface area (Å²) in [5, 5.41) is 3.40. The minimum atomic E-state index is 0.661. The van der Waals surface area contributed by atoms with Crippen LogP contribution in [0.4, 0.5) is 0 Å². The molecule has 0 saturated carbocycles. The van der Waals surface area contributed by atoms with Crippen LogP contribution < -0.4 is 14.8 Å². The third kappa shape index (κ3) is 7.06. The van der Waals surface area contributed by atoms with Crippen molar-refractivity contribution < 1.29 is 9.47 Å². The van der Waals surface area contributed by atoms with Gasteiger partial charge in [0.15, 0.2) is 11.5 Å². The molecule has 3 nitrogen and oxygen atoms in total. The molecule has 108 valence electrons. The first-order valence-corrected chi connectivity index (χ1v) is 7.29. The summed E-state index contributed by atoms with van der Waals surface area (Å²) in [7, 11) is 0. The van der Waals surface area contributed by atoms with E-state index in [9.17, 15) is 0 Å². The van der Waals surface area contributed by atoms with Gasteiger partial charge in [-0.15, -0.1) is 0 Å². The van der Waals surface area contributed by atoms with E-state index in [1.54, 1.807) is 0 Å². The van der Waals surface area contributed by atoms with E-state index in [0.717, 1.165) is 30.5 Å². The molecule has 0 aromatic heterocycles. The third-order valence-corrected chi connectivity index (χ3v) is 2.82. The molecule has 0 aliphatic rings. The van der Waals surface area contributed by atoms with E-state index in [1.165, 1.54) is 12.8 Å². The molecule has 3 heteroatoms. The lowest BCUT2D eigenvalue weighted by Crippen LogP contribution is -2.22. The third-order valence-electron chi connectivity index (χ3n) is 2.82. The standard InChI is InChI=1S/C16H27NO2/c1-4-18-15-9-5-6-10-16(15)19-13-12-17-11-7-8-14(2)3/h5-6,9-10,14,17H,4,7-8,11-13H2,1-3H3. The lowest BCUT2D eigenvalue weighted by molar-refractivity contribution is 0.275. The maximum atomic E-state index is 5.73. The molecule has 0 heterocycles. The molecule has 0 fully saturated rings. The molecule has 0 unspecified atom stereocenters. The smallest absolute Gasteiger partial charge is 0.161 e. The van der Waals surface area contributed by atoms with Crippen LogP contribution in [0.2, 0.25) is 0 Å². The predicted molar refractivity (Wildman–Crippen MR) is 80.0 cm³/mol. The van der Waals surface area contributed by atoms with Gasteiger partial charge >= 0.3 is 0 Å². The van der Waals surface area contributed by atoms with Crippen LogP contribution in [0.25, 0.3) is 0 Å². The Bertz CT molecular complexity index is 339. The van der Waals surface area contributed by atoms with Crippen LogP contribution in [0.3, 0.4) is 0 Å². The second kappa shape index (κ2) is 9.68. The molecule has 0 atom stereocenters. The van der Waals surface area contributed by atoms with Crippen LogP contribution in [0, 0.1) is 5.92 Å². The normalized spacial score (nSPS) is 10.7. The molecular formula is C16H27NO2. The molecule has 1 N–H and O–H groups in total. The Labute approximate surface area is 117 Å². The molecule has 0 aliphatic carbocycles. The zero-order valence-electron chi connectivity index (χ0n) is 12.4. The van der Waals surface area contributed by atoms with E-state index in [4.69, 9.17) is 9.47 Å². The molecule has 19 heavy (non-hydrogen) atoms. The monoisotopic (exact) mass is 265 g/mol. The predicted octanol–water partition coefficient (Wildman–Crippen LogP) is 3.49. The number of hydrogen-bond acceptors (Lipinski definition) is 3. The highest BCUT2D eigenvalue weighted by molar-refractivity contribution is 5.39. The Morgan fingerprint density at radius 1 is 1.05 bits per heavy atom. The molecule has 1 rings (SSSR count). The molecule has 0 amide bonds. The van der Waals surface area contributed by atoms with Gasteiger partial charge in [-0.3, -0.25) is 0 Å². The molecule has 1 aromatic rings. The number of rotatable bonds is 10. The van der Waals surface area contributed by atoms with E-state index >= 15 is 0 Å². The van der Waals surface area contributed by atoms with Gasteiger partial charge in [0, 0.05) is 6.54 Å². The summed E-state index contributed by atoms with van der Waals surface area (Å²) in [6.07, 6.45) is 2.51. The highest BCUT2D eigenvalue weighted by Crippen LogP contribution is 2.25. The maximum Gasteiger partial charge on any atom is 0.161 e. The van der Waals surface area contributed by atoms with Crippen molar-refractivity contribution in [2.75, 3.05) is 26.3 Å². The highest BCUT2D eigenvalue weighted by Gasteiger charge is 2.02. The quantitative estimate of drug-likeness (QED) is 0.657. The Morgan fingerprint density at radius 2 is 1.74 bits per heavy atom. The van der Waals surface area contributed by atoms with Gasteiger partial charge < -0.3 is 14.8 Å². The largest absolute Gasteiger partial charge is 0.490 e. The van der Waals surface area contributed by atoms with Crippen molar-refractivity contribution in [3.63, 3.8) is 0 Å². The summed E-state index contributed by atoms with van der Waals surface area (Å²) in [6, 6.07) is 7.81. The fourth-order valence-electron chi connectivity index (χ4n) is 1.84. The lowest BCUT2D eigenvalue weighted by Gasteiger charge is -2.12. The molecule has 0 saturated heterocycles. The van der Waals surface area contributed by atoms with E-state index < -0.39 is 0 Å². The topological polar surface area (TPSA) is 30.5 Å². The molecule has 1 aromatic carbocycles. The van der Waals surface area contributed by atoms with Crippen LogP contribution in [-0.2, 0) is 0 Å². The van der Waals surface area contributed by atoms with E-state index in [-0.39, 0.29) is 0 Å². The molecule has 0 bridgehead atoms. The molecule has 0 spiro atoms. The van der Waals surface area contributed by atoms with Gasteiger partial charge in [-0.1, -0.05) is 26.0 Å². The van der Waals surface area contributed by atoms with Gasteiger partial charge in [-0.2, -0.15) is 0 Å². The van der Waals surface area contributed by atoms with Crippen LogP contribution in [0.5, 0.6) is 11.5 Å². The summed E-state index contributed by atoms with van der Waals surface area (Å²) in [5.74, 6) is 2.44. The lowest BCUT2D eigenvalue weighted by atomic mass is 10.1. The van der Waals surface area contributed by atoms with E-state index in [2.05, 4.69) is 19.2 Å². The van der Waals surface area contributed by atoms with Gasteiger partial charge in [0.1, 0.15) is 6.61 Å².